The predicted octanol–water partition coefficient (Wildman–Crippen LogP) is 3.13. The number of aryl methyl sites for hydroxylation is 2. The Bertz CT molecular complexity index is 307. The lowest BCUT2D eigenvalue weighted by Crippen LogP contribution is -2.10. The highest BCUT2D eigenvalue weighted by atomic mass is 79.9. The Morgan fingerprint density at radius 1 is 1.31 bits per heavy atom. The number of hydrogen-bond acceptors (Lipinski definition) is 1. The molecular weight excluding hydrogens is 226 g/mol. The van der Waals surface area contributed by atoms with Gasteiger partial charge in [-0.25, -0.2) is 0 Å². The third-order valence-corrected chi connectivity index (χ3v) is 3.29. The van der Waals surface area contributed by atoms with E-state index in [4.69, 9.17) is 5.73 Å². The van der Waals surface area contributed by atoms with E-state index in [-0.39, 0.29) is 0 Å². The van der Waals surface area contributed by atoms with E-state index in [0.717, 1.165) is 0 Å². The van der Waals surface area contributed by atoms with Crippen molar-refractivity contribution in [3.8, 4) is 0 Å². The second-order valence-corrected chi connectivity index (χ2v) is 4.45. The van der Waals surface area contributed by atoms with Crippen molar-refractivity contribution >= 4 is 15.9 Å². The van der Waals surface area contributed by atoms with Crippen LogP contribution in [0.4, 0.5) is 0 Å². The second kappa shape index (κ2) is 4.25. The van der Waals surface area contributed by atoms with Crippen molar-refractivity contribution < 1.29 is 0 Å². The van der Waals surface area contributed by atoms with Gasteiger partial charge in [-0.2, -0.15) is 0 Å². The molecule has 72 valence electrons. The minimum atomic E-state index is 0.451. The molecule has 0 aliphatic rings. The summed E-state index contributed by atoms with van der Waals surface area (Å²) in [4.78, 5) is 0. The maximum Gasteiger partial charge on any atom is 0.0207 e. The summed E-state index contributed by atoms with van der Waals surface area (Å²) in [5.41, 5.74) is 9.61. The van der Waals surface area contributed by atoms with Gasteiger partial charge in [0.15, 0.2) is 0 Å². The molecule has 0 heterocycles. The normalized spacial score (nSPS) is 13.0. The molecule has 0 bridgehead atoms. The molecule has 1 aromatic carbocycles. The molecule has 0 aliphatic heterocycles. The number of hydrogen-bond donors (Lipinski definition) is 1. The molecule has 1 nitrogen and oxygen atoms in total. The highest BCUT2D eigenvalue weighted by molar-refractivity contribution is 9.10. The molecule has 2 heteroatoms. The van der Waals surface area contributed by atoms with Gasteiger partial charge in [-0.1, -0.05) is 28.9 Å². The van der Waals surface area contributed by atoms with Gasteiger partial charge in [0.25, 0.3) is 0 Å². The predicted molar refractivity (Wildman–Crippen MR) is 61.1 cm³/mol. The van der Waals surface area contributed by atoms with Crippen LogP contribution < -0.4 is 5.73 Å². The van der Waals surface area contributed by atoms with Gasteiger partial charge in [0.2, 0.25) is 0 Å². The average molecular weight is 242 g/mol. The van der Waals surface area contributed by atoms with Crippen LogP contribution in [0.5, 0.6) is 0 Å². The van der Waals surface area contributed by atoms with Crippen LogP contribution in [0.15, 0.2) is 16.6 Å². The molecule has 1 rings (SSSR count). The van der Waals surface area contributed by atoms with E-state index in [9.17, 15) is 0 Å². The van der Waals surface area contributed by atoms with E-state index in [1.54, 1.807) is 0 Å². The van der Waals surface area contributed by atoms with Crippen molar-refractivity contribution in [1.29, 1.82) is 0 Å². The fourth-order valence-corrected chi connectivity index (χ4v) is 1.92. The quantitative estimate of drug-likeness (QED) is 0.847. The molecule has 0 fully saturated rings. The minimum Gasteiger partial charge on any atom is -0.330 e. The summed E-state index contributed by atoms with van der Waals surface area (Å²) in [5.74, 6) is 0.451. The maximum atomic E-state index is 5.65. The fraction of sp³-hybridized carbons (Fsp3) is 0.455. The Kier molecular flexibility index (Phi) is 3.51. The van der Waals surface area contributed by atoms with Crippen LogP contribution in [0.25, 0.3) is 0 Å². The van der Waals surface area contributed by atoms with Gasteiger partial charge >= 0.3 is 0 Å². The molecule has 0 saturated heterocycles. The average Bonchev–Trinajstić information content (AvgIpc) is 2.10. The van der Waals surface area contributed by atoms with E-state index in [0.29, 0.717) is 12.5 Å². The van der Waals surface area contributed by atoms with Crippen LogP contribution in [0, 0.1) is 13.8 Å². The first-order chi connectivity index (χ1) is 6.06. The zero-order chi connectivity index (χ0) is 10.0. The summed E-state index contributed by atoms with van der Waals surface area (Å²) < 4.78 is 1.18. The van der Waals surface area contributed by atoms with Gasteiger partial charge < -0.3 is 5.73 Å². The first-order valence-electron chi connectivity index (χ1n) is 4.53. The summed E-state index contributed by atoms with van der Waals surface area (Å²) >= 11 is 3.52. The van der Waals surface area contributed by atoms with Crippen molar-refractivity contribution in [2.75, 3.05) is 6.54 Å². The summed E-state index contributed by atoms with van der Waals surface area (Å²) in [5, 5.41) is 0. The minimum absolute atomic E-state index is 0.451. The number of benzene rings is 1. The van der Waals surface area contributed by atoms with Crippen molar-refractivity contribution in [1.82, 2.24) is 0 Å². The standard InChI is InChI=1S/C11H16BrN/c1-7-5-11(12)8(2)4-10(7)9(3)6-13/h4-5,9H,6,13H2,1-3H3. The molecule has 1 aromatic rings. The Hall–Kier alpha value is -0.340. The van der Waals surface area contributed by atoms with Crippen molar-refractivity contribution in [2.24, 2.45) is 5.73 Å². The first kappa shape index (κ1) is 10.7. The second-order valence-electron chi connectivity index (χ2n) is 3.59. The van der Waals surface area contributed by atoms with Gasteiger partial charge in [-0.15, -0.1) is 0 Å². The van der Waals surface area contributed by atoms with Crippen molar-refractivity contribution in [3.05, 3.63) is 33.3 Å². The lowest BCUT2D eigenvalue weighted by atomic mass is 9.95. The van der Waals surface area contributed by atoms with Gasteiger partial charge in [0.05, 0.1) is 0 Å². The third-order valence-electron chi connectivity index (χ3n) is 2.43. The van der Waals surface area contributed by atoms with E-state index in [1.807, 2.05) is 0 Å². The number of halogens is 1. The maximum absolute atomic E-state index is 5.65. The highest BCUT2D eigenvalue weighted by Crippen LogP contribution is 2.25. The van der Waals surface area contributed by atoms with Crippen LogP contribution in [0.2, 0.25) is 0 Å². The smallest absolute Gasteiger partial charge is 0.0207 e. The fourth-order valence-electron chi connectivity index (χ4n) is 1.46. The monoisotopic (exact) mass is 241 g/mol. The van der Waals surface area contributed by atoms with Gasteiger partial charge in [0.1, 0.15) is 0 Å². The van der Waals surface area contributed by atoms with Crippen molar-refractivity contribution in [2.45, 2.75) is 26.7 Å². The zero-order valence-electron chi connectivity index (χ0n) is 8.39. The summed E-state index contributed by atoms with van der Waals surface area (Å²) in [6, 6.07) is 4.38. The Labute approximate surface area is 88.5 Å². The largest absolute Gasteiger partial charge is 0.330 e. The van der Waals surface area contributed by atoms with E-state index < -0.39 is 0 Å². The van der Waals surface area contributed by atoms with E-state index in [2.05, 4.69) is 48.8 Å². The Morgan fingerprint density at radius 2 is 1.92 bits per heavy atom. The van der Waals surface area contributed by atoms with Crippen LogP contribution in [-0.2, 0) is 0 Å². The molecule has 0 amide bonds. The molecule has 1 unspecified atom stereocenters. The Morgan fingerprint density at radius 3 is 2.46 bits per heavy atom. The molecule has 1 atom stereocenters. The molecule has 0 radical (unpaired) electrons. The number of nitrogens with two attached hydrogens (primary N) is 1. The molecule has 2 N–H and O–H groups in total. The molecule has 0 aromatic heterocycles. The van der Waals surface area contributed by atoms with Crippen LogP contribution in [-0.4, -0.2) is 6.54 Å². The topological polar surface area (TPSA) is 26.0 Å². The summed E-state index contributed by atoms with van der Waals surface area (Å²) in [6.45, 7) is 7.11. The SMILES string of the molecule is Cc1cc(C(C)CN)c(C)cc1Br. The number of rotatable bonds is 2. The molecular formula is C11H16BrN. The van der Waals surface area contributed by atoms with Crippen LogP contribution >= 0.6 is 15.9 Å². The molecule has 0 spiro atoms. The highest BCUT2D eigenvalue weighted by Gasteiger charge is 2.08. The zero-order valence-corrected chi connectivity index (χ0v) is 9.98. The van der Waals surface area contributed by atoms with E-state index >= 15 is 0 Å². The molecule has 0 aliphatic carbocycles. The third kappa shape index (κ3) is 2.32. The van der Waals surface area contributed by atoms with Gasteiger partial charge in [-0.3, -0.25) is 0 Å². The lowest BCUT2D eigenvalue weighted by molar-refractivity contribution is 0.766. The molecule has 13 heavy (non-hydrogen) atoms. The first-order valence-corrected chi connectivity index (χ1v) is 5.32. The van der Waals surface area contributed by atoms with Crippen LogP contribution in [0.1, 0.15) is 29.5 Å². The van der Waals surface area contributed by atoms with Crippen molar-refractivity contribution in [3.63, 3.8) is 0 Å². The Balaban J connectivity index is 3.15. The summed E-state index contributed by atoms with van der Waals surface area (Å²) in [6.07, 6.45) is 0. The van der Waals surface area contributed by atoms with E-state index in [1.165, 1.54) is 21.2 Å². The summed E-state index contributed by atoms with van der Waals surface area (Å²) in [7, 11) is 0. The van der Waals surface area contributed by atoms with Crippen LogP contribution in [0.3, 0.4) is 0 Å². The van der Waals surface area contributed by atoms with Gasteiger partial charge in [0, 0.05) is 4.47 Å². The van der Waals surface area contributed by atoms with Gasteiger partial charge in [-0.05, 0) is 49.1 Å². The lowest BCUT2D eigenvalue weighted by Gasteiger charge is -2.14. The molecule has 0 saturated carbocycles.